The van der Waals surface area contributed by atoms with Crippen molar-refractivity contribution in [1.82, 2.24) is 24.2 Å². The molecule has 1 fully saturated rings. The second-order valence-corrected chi connectivity index (χ2v) is 6.87. The summed E-state index contributed by atoms with van der Waals surface area (Å²) in [6, 6.07) is 4.83. The van der Waals surface area contributed by atoms with Crippen molar-refractivity contribution >= 4 is 27.0 Å². The van der Waals surface area contributed by atoms with Crippen LogP contribution in [0.4, 0.5) is 0 Å². The van der Waals surface area contributed by atoms with E-state index in [2.05, 4.69) is 10.2 Å². The van der Waals surface area contributed by atoms with E-state index in [0.29, 0.717) is 17.6 Å². The van der Waals surface area contributed by atoms with Gasteiger partial charge in [-0.15, -0.1) is 0 Å². The third kappa shape index (κ3) is 2.28. The molecule has 1 aliphatic heterocycles. The standard InChI is InChI=1S/C12H15N5O3S/c1-15-6-7-17(8-11(15)18)21(19,20)10-5-3-4-9-12(10)14-16(2)13-9/h3-5H,6-8H2,1-2H3. The van der Waals surface area contributed by atoms with Gasteiger partial charge in [-0.1, -0.05) is 6.07 Å². The second-order valence-electron chi connectivity index (χ2n) is 4.97. The Morgan fingerprint density at radius 2 is 1.90 bits per heavy atom. The van der Waals surface area contributed by atoms with Gasteiger partial charge in [0.05, 0.1) is 6.54 Å². The highest BCUT2D eigenvalue weighted by molar-refractivity contribution is 7.89. The van der Waals surface area contributed by atoms with Gasteiger partial charge in [-0.3, -0.25) is 4.79 Å². The monoisotopic (exact) mass is 309 g/mol. The minimum absolute atomic E-state index is 0.0884. The Bertz CT molecular complexity index is 813. The zero-order valence-electron chi connectivity index (χ0n) is 11.7. The number of carbonyl (C=O) groups is 1. The number of sulfonamides is 1. The van der Waals surface area contributed by atoms with Crippen LogP contribution in [-0.4, -0.2) is 65.2 Å². The van der Waals surface area contributed by atoms with Gasteiger partial charge in [0.15, 0.2) is 0 Å². The van der Waals surface area contributed by atoms with Crippen LogP contribution in [0.25, 0.3) is 11.0 Å². The Labute approximate surface area is 122 Å². The third-order valence-electron chi connectivity index (χ3n) is 3.51. The molecule has 2 heterocycles. The second kappa shape index (κ2) is 4.78. The molecule has 0 saturated carbocycles. The van der Waals surface area contributed by atoms with Crippen molar-refractivity contribution in [3.05, 3.63) is 18.2 Å². The smallest absolute Gasteiger partial charge is 0.245 e. The van der Waals surface area contributed by atoms with Crippen molar-refractivity contribution in [2.24, 2.45) is 7.05 Å². The van der Waals surface area contributed by atoms with Gasteiger partial charge in [-0.05, 0) is 12.1 Å². The lowest BCUT2D eigenvalue weighted by molar-refractivity contribution is -0.132. The maximum Gasteiger partial charge on any atom is 0.245 e. The fourth-order valence-electron chi connectivity index (χ4n) is 2.30. The first-order valence-electron chi connectivity index (χ1n) is 6.44. The van der Waals surface area contributed by atoms with E-state index in [1.165, 1.54) is 20.1 Å². The van der Waals surface area contributed by atoms with Gasteiger partial charge >= 0.3 is 0 Å². The molecule has 3 rings (SSSR count). The maximum atomic E-state index is 12.7. The molecular formula is C12H15N5O3S. The molecule has 1 amide bonds. The molecule has 8 nitrogen and oxygen atoms in total. The summed E-state index contributed by atoms with van der Waals surface area (Å²) in [6.07, 6.45) is 0. The summed E-state index contributed by atoms with van der Waals surface area (Å²) < 4.78 is 26.7. The molecule has 1 aromatic heterocycles. The number of benzene rings is 1. The van der Waals surface area contributed by atoms with E-state index < -0.39 is 10.0 Å². The summed E-state index contributed by atoms with van der Waals surface area (Å²) in [5.41, 5.74) is 0.838. The number of amides is 1. The van der Waals surface area contributed by atoms with Gasteiger partial charge in [-0.2, -0.15) is 19.3 Å². The Kier molecular flexibility index (Phi) is 3.18. The van der Waals surface area contributed by atoms with E-state index in [1.807, 2.05) is 0 Å². The number of fused-ring (bicyclic) bond motifs is 1. The first-order chi connectivity index (χ1) is 9.89. The quantitative estimate of drug-likeness (QED) is 0.741. The van der Waals surface area contributed by atoms with Crippen molar-refractivity contribution in [1.29, 1.82) is 0 Å². The molecule has 21 heavy (non-hydrogen) atoms. The molecule has 0 radical (unpaired) electrons. The average molecular weight is 309 g/mol. The minimum atomic E-state index is -3.76. The number of hydrogen-bond donors (Lipinski definition) is 0. The van der Waals surface area contributed by atoms with Gasteiger partial charge < -0.3 is 4.90 Å². The fraction of sp³-hybridized carbons (Fsp3) is 0.417. The van der Waals surface area contributed by atoms with Gasteiger partial charge in [0, 0.05) is 27.2 Å². The van der Waals surface area contributed by atoms with Gasteiger partial charge in [0.25, 0.3) is 0 Å². The van der Waals surface area contributed by atoms with Gasteiger partial charge in [0.1, 0.15) is 15.9 Å². The predicted molar refractivity (Wildman–Crippen MR) is 74.9 cm³/mol. The number of aromatic nitrogens is 3. The molecule has 0 bridgehead atoms. The number of hydrogen-bond acceptors (Lipinski definition) is 5. The number of carbonyl (C=O) groups excluding carboxylic acids is 1. The molecule has 1 aliphatic rings. The average Bonchev–Trinajstić information content (AvgIpc) is 2.81. The molecule has 0 unspecified atom stereocenters. The fourth-order valence-corrected chi connectivity index (χ4v) is 3.83. The van der Waals surface area contributed by atoms with Crippen molar-refractivity contribution in [2.75, 3.05) is 26.7 Å². The summed E-state index contributed by atoms with van der Waals surface area (Å²) >= 11 is 0. The normalized spacial score (nSPS) is 17.6. The molecule has 0 N–H and O–H groups in total. The van der Waals surface area contributed by atoms with E-state index in [-0.39, 0.29) is 23.9 Å². The van der Waals surface area contributed by atoms with Crippen LogP contribution in [0.1, 0.15) is 0 Å². The Balaban J connectivity index is 2.06. The zero-order valence-corrected chi connectivity index (χ0v) is 12.5. The van der Waals surface area contributed by atoms with Crippen LogP contribution < -0.4 is 0 Å². The van der Waals surface area contributed by atoms with Crippen LogP contribution in [0.3, 0.4) is 0 Å². The molecule has 0 aliphatic carbocycles. The van der Waals surface area contributed by atoms with Crippen molar-refractivity contribution < 1.29 is 13.2 Å². The molecule has 1 saturated heterocycles. The topological polar surface area (TPSA) is 88.4 Å². The zero-order chi connectivity index (χ0) is 15.2. The Morgan fingerprint density at radius 1 is 1.14 bits per heavy atom. The van der Waals surface area contributed by atoms with E-state index in [1.54, 1.807) is 26.2 Å². The SMILES string of the molecule is CN1CCN(S(=O)(=O)c2cccc3nn(C)nc23)CC1=O. The lowest BCUT2D eigenvalue weighted by Gasteiger charge is -2.31. The summed E-state index contributed by atoms with van der Waals surface area (Å²) in [7, 11) is -0.465. The lowest BCUT2D eigenvalue weighted by Crippen LogP contribution is -2.50. The summed E-state index contributed by atoms with van der Waals surface area (Å²) in [6.45, 7) is 0.519. The van der Waals surface area contributed by atoms with Crippen LogP contribution in [0.2, 0.25) is 0 Å². The van der Waals surface area contributed by atoms with E-state index in [4.69, 9.17) is 0 Å². The van der Waals surface area contributed by atoms with Crippen molar-refractivity contribution in [2.45, 2.75) is 4.90 Å². The highest BCUT2D eigenvalue weighted by Gasteiger charge is 2.33. The Morgan fingerprint density at radius 3 is 2.62 bits per heavy atom. The largest absolute Gasteiger partial charge is 0.343 e. The molecule has 9 heteroatoms. The first kappa shape index (κ1) is 14.0. The molecule has 0 spiro atoms. The molecule has 112 valence electrons. The first-order valence-corrected chi connectivity index (χ1v) is 7.88. The molecule has 1 aromatic carbocycles. The van der Waals surface area contributed by atoms with E-state index in [0.717, 1.165) is 0 Å². The summed E-state index contributed by atoms with van der Waals surface area (Å²) in [5.74, 6) is -0.212. The van der Waals surface area contributed by atoms with Crippen molar-refractivity contribution in [3.63, 3.8) is 0 Å². The van der Waals surface area contributed by atoms with Crippen LogP contribution in [0, 0.1) is 0 Å². The molecule has 2 aromatic rings. The summed E-state index contributed by atoms with van der Waals surface area (Å²) in [5, 5.41) is 8.22. The number of nitrogens with zero attached hydrogens (tertiary/aromatic N) is 5. The van der Waals surface area contributed by atoms with Gasteiger partial charge in [-0.25, -0.2) is 8.42 Å². The van der Waals surface area contributed by atoms with Crippen molar-refractivity contribution in [3.8, 4) is 0 Å². The van der Waals surface area contributed by atoms with Crippen LogP contribution in [0.15, 0.2) is 23.1 Å². The highest BCUT2D eigenvalue weighted by Crippen LogP contribution is 2.24. The van der Waals surface area contributed by atoms with Crippen LogP contribution >= 0.6 is 0 Å². The lowest BCUT2D eigenvalue weighted by atomic mass is 10.3. The third-order valence-corrected chi connectivity index (χ3v) is 5.39. The van der Waals surface area contributed by atoms with E-state index in [9.17, 15) is 13.2 Å². The number of piperazine rings is 1. The number of aryl methyl sites for hydroxylation is 1. The van der Waals surface area contributed by atoms with E-state index >= 15 is 0 Å². The Hall–Kier alpha value is -2.00. The molecular weight excluding hydrogens is 294 g/mol. The summed E-state index contributed by atoms with van der Waals surface area (Å²) in [4.78, 5) is 14.7. The number of rotatable bonds is 2. The van der Waals surface area contributed by atoms with Crippen LogP contribution in [0.5, 0.6) is 0 Å². The molecule has 0 atom stereocenters. The maximum absolute atomic E-state index is 12.7. The predicted octanol–water partition coefficient (Wildman–Crippen LogP) is -0.569. The minimum Gasteiger partial charge on any atom is -0.343 e. The highest BCUT2D eigenvalue weighted by atomic mass is 32.2. The number of likely N-dealkylation sites (N-methyl/N-ethyl adjacent to an activating group) is 1. The van der Waals surface area contributed by atoms with Crippen LogP contribution in [-0.2, 0) is 21.9 Å². The van der Waals surface area contributed by atoms with Gasteiger partial charge in [0.2, 0.25) is 15.9 Å².